The van der Waals surface area contributed by atoms with Crippen molar-refractivity contribution in [3.63, 3.8) is 0 Å². The largest absolute Gasteiger partial charge is 0.512 e. The summed E-state index contributed by atoms with van der Waals surface area (Å²) in [6.07, 6.45) is 4.43. The minimum absolute atomic E-state index is 0.0285. The highest BCUT2D eigenvalue weighted by molar-refractivity contribution is 6.23. The third-order valence-corrected chi connectivity index (χ3v) is 15.9. The number of allylic oxidation sites excluding steroid dienone is 1. The maximum absolute atomic E-state index is 16.0. The average Bonchev–Trinajstić information content (AvgIpc) is 4.15. The zero-order valence-electron chi connectivity index (χ0n) is 35.0. The molecule has 0 bridgehead atoms. The number of hydrogen-bond acceptors (Lipinski definition) is 10. The number of phenolic OH excluding ortho intramolecular Hbond substituents is 2. The van der Waals surface area contributed by atoms with E-state index in [1.165, 1.54) is 20.3 Å². The molecule has 4 aliphatic heterocycles. The summed E-state index contributed by atoms with van der Waals surface area (Å²) >= 11 is 0. The molecule has 4 saturated heterocycles. The number of methoxy groups -OCH3 is 2. The lowest BCUT2D eigenvalue weighted by Crippen LogP contribution is -2.51. The van der Waals surface area contributed by atoms with Crippen molar-refractivity contribution in [2.24, 2.45) is 11.8 Å². The van der Waals surface area contributed by atoms with E-state index in [0.717, 1.165) is 57.5 Å². The van der Waals surface area contributed by atoms with Crippen LogP contribution in [0.25, 0.3) is 21.5 Å². The van der Waals surface area contributed by atoms with E-state index in [4.69, 9.17) is 9.47 Å². The van der Waals surface area contributed by atoms with E-state index < -0.39 is 34.7 Å². The topological polar surface area (TPSA) is 137 Å². The van der Waals surface area contributed by atoms with Crippen LogP contribution in [0.4, 0.5) is 0 Å². The first-order valence-electron chi connectivity index (χ1n) is 22.0. The number of carbonyl (C=O) groups is 3. The van der Waals surface area contributed by atoms with Gasteiger partial charge in [-0.05, 0) is 107 Å². The molecule has 0 saturated carbocycles. The van der Waals surface area contributed by atoms with E-state index >= 15 is 14.4 Å². The highest BCUT2D eigenvalue weighted by Gasteiger charge is 2.70. The van der Waals surface area contributed by atoms with Gasteiger partial charge in [-0.25, -0.2) is 0 Å². The molecule has 63 heavy (non-hydrogen) atoms. The van der Waals surface area contributed by atoms with Crippen molar-refractivity contribution in [2.45, 2.75) is 60.7 Å². The number of aliphatic hydroxyl groups is 1. The summed E-state index contributed by atoms with van der Waals surface area (Å²) in [5.41, 5.74) is 1.72. The van der Waals surface area contributed by atoms with E-state index in [1.54, 1.807) is 30.3 Å². The van der Waals surface area contributed by atoms with Crippen molar-refractivity contribution in [1.29, 1.82) is 0 Å². The van der Waals surface area contributed by atoms with Gasteiger partial charge in [0.05, 0.1) is 20.1 Å². The number of phenols is 2. The standard InChI is InChI=1S/C53H46N2O8/c1-62-42-25-30(19-21-38(42)56)46-36-17-7-23-54(36)53(35-16-6-12-29-10-4-14-33(45(29)35)51(53)61)49(46)41(59)27-40(58)47-37-18-8-24-55(37)52(48(47)31-20-22-39(57)43(26-31)63-2)34-15-5-11-28-9-3-13-32(44(28)34)50(52)60/h3-6,9-16,19-22,25-27,36-37,46-49,56-58H,7-8,17-18,23-24H2,1-2H3/b40-27-/t36-,37-,46+,47-,48-,49-,52+,53+/m1/s1. The van der Waals surface area contributed by atoms with Gasteiger partial charge in [0.1, 0.15) is 16.8 Å². The zero-order valence-corrected chi connectivity index (χ0v) is 35.0. The third-order valence-electron chi connectivity index (χ3n) is 15.9. The number of aliphatic hydroxyl groups excluding tert-OH is 1. The molecule has 2 spiro atoms. The lowest BCUT2D eigenvalue weighted by Gasteiger charge is -2.39. The molecule has 2 aliphatic carbocycles. The van der Waals surface area contributed by atoms with Crippen LogP contribution < -0.4 is 9.47 Å². The highest BCUT2D eigenvalue weighted by atomic mass is 16.5. The first-order valence-corrected chi connectivity index (χ1v) is 22.0. The molecule has 6 aromatic rings. The first kappa shape index (κ1) is 38.2. The summed E-state index contributed by atoms with van der Waals surface area (Å²) in [5.74, 6) is -3.19. The van der Waals surface area contributed by atoms with Gasteiger partial charge in [0.25, 0.3) is 0 Å². The van der Waals surface area contributed by atoms with Gasteiger partial charge in [0.15, 0.2) is 40.3 Å². The molecule has 6 aromatic carbocycles. The Hall–Kier alpha value is -6.49. The van der Waals surface area contributed by atoms with Crippen molar-refractivity contribution < 1.29 is 39.2 Å². The van der Waals surface area contributed by atoms with Crippen LogP contribution in [0.15, 0.2) is 121 Å². The van der Waals surface area contributed by atoms with Gasteiger partial charge < -0.3 is 24.8 Å². The van der Waals surface area contributed by atoms with E-state index in [1.807, 2.05) is 78.9 Å². The molecule has 3 N–H and O–H groups in total. The van der Waals surface area contributed by atoms with Crippen LogP contribution in [-0.4, -0.2) is 81.9 Å². The molecular formula is C53H46N2O8. The van der Waals surface area contributed by atoms with Crippen LogP contribution in [-0.2, 0) is 15.9 Å². The second kappa shape index (κ2) is 13.5. The number of ether oxygens (including phenoxy) is 2. The molecule has 10 heteroatoms. The molecule has 4 fully saturated rings. The van der Waals surface area contributed by atoms with Crippen molar-refractivity contribution in [1.82, 2.24) is 9.80 Å². The second-order valence-corrected chi connectivity index (χ2v) is 18.3. The Labute approximate surface area is 364 Å². The average molecular weight is 839 g/mol. The van der Waals surface area contributed by atoms with Crippen molar-refractivity contribution in [3.8, 4) is 23.0 Å². The Kier molecular flexibility index (Phi) is 8.19. The van der Waals surface area contributed by atoms with Gasteiger partial charge in [-0.3, -0.25) is 24.2 Å². The maximum Gasteiger partial charge on any atom is 0.189 e. The Morgan fingerprint density at radius 2 is 1.17 bits per heavy atom. The number of fused-ring (bicyclic) bond motifs is 6. The smallest absolute Gasteiger partial charge is 0.189 e. The van der Waals surface area contributed by atoms with Crippen LogP contribution in [0.3, 0.4) is 0 Å². The molecule has 0 aromatic heterocycles. The molecular weight excluding hydrogens is 793 g/mol. The number of hydrogen-bond donors (Lipinski definition) is 3. The number of benzene rings is 6. The second-order valence-electron chi connectivity index (χ2n) is 18.3. The van der Waals surface area contributed by atoms with E-state index in [0.29, 0.717) is 36.2 Å². The zero-order chi connectivity index (χ0) is 43.1. The van der Waals surface area contributed by atoms with Gasteiger partial charge in [0, 0.05) is 47.0 Å². The van der Waals surface area contributed by atoms with Crippen LogP contribution >= 0.6 is 0 Å². The normalized spacial score (nSPS) is 29.5. The molecule has 316 valence electrons. The maximum atomic E-state index is 16.0. The Balaban J connectivity index is 1.08. The van der Waals surface area contributed by atoms with Crippen LogP contribution in [0.1, 0.15) is 80.5 Å². The van der Waals surface area contributed by atoms with Gasteiger partial charge in [0.2, 0.25) is 0 Å². The monoisotopic (exact) mass is 838 g/mol. The molecule has 8 atom stereocenters. The fourth-order valence-electron chi connectivity index (χ4n) is 13.8. The molecule has 0 amide bonds. The number of ketones is 3. The number of aromatic hydroxyl groups is 2. The summed E-state index contributed by atoms with van der Waals surface area (Å²) in [7, 11) is 2.98. The summed E-state index contributed by atoms with van der Waals surface area (Å²) in [6.45, 7) is 1.21. The number of rotatable bonds is 7. The summed E-state index contributed by atoms with van der Waals surface area (Å²) in [6, 6.07) is 33.3. The molecule has 0 radical (unpaired) electrons. The molecule has 4 heterocycles. The summed E-state index contributed by atoms with van der Waals surface area (Å²) in [5, 5.41) is 38.3. The Morgan fingerprint density at radius 1 is 0.667 bits per heavy atom. The number of Topliss-reactive ketones (excluding diaryl/α,β-unsaturated/α-hetero) is 2. The first-order chi connectivity index (χ1) is 30.7. The number of carbonyl (C=O) groups excluding carboxylic acids is 3. The fraction of sp³-hybridized carbons (Fsp3) is 0.302. The van der Waals surface area contributed by atoms with Gasteiger partial charge >= 0.3 is 0 Å². The Morgan fingerprint density at radius 3 is 1.78 bits per heavy atom. The quantitative estimate of drug-likeness (QED) is 0.106. The number of nitrogens with zero attached hydrogens (tertiary/aromatic N) is 2. The highest BCUT2D eigenvalue weighted by Crippen LogP contribution is 2.66. The van der Waals surface area contributed by atoms with Crippen LogP contribution in [0, 0.1) is 11.8 Å². The fourth-order valence-corrected chi connectivity index (χ4v) is 13.8. The Bertz CT molecular complexity index is 3020. The molecule has 12 rings (SSSR count). The van der Waals surface area contributed by atoms with Crippen molar-refractivity contribution >= 4 is 38.9 Å². The molecule has 6 aliphatic rings. The van der Waals surface area contributed by atoms with E-state index in [-0.39, 0.29) is 58.2 Å². The minimum Gasteiger partial charge on any atom is -0.512 e. The van der Waals surface area contributed by atoms with Crippen molar-refractivity contribution in [3.05, 3.63) is 154 Å². The minimum atomic E-state index is -1.37. The van der Waals surface area contributed by atoms with E-state index in [2.05, 4.69) is 9.80 Å². The van der Waals surface area contributed by atoms with Gasteiger partial charge in [-0.1, -0.05) is 84.9 Å². The SMILES string of the molecule is COc1cc([C@H]2[C@H]3CCCN3[C@]3(C(=O)c4cccc5cccc3c45)[C@@H]2C(=O)/C=C(\O)[C@H]2[C@H]3CCCN3[C@]3(C(=O)c4cccc5cccc3c45)[C@@H]2c2ccc(O)c(OC)c2)ccc1O. The summed E-state index contributed by atoms with van der Waals surface area (Å²) < 4.78 is 11.3. The van der Waals surface area contributed by atoms with Crippen LogP contribution in [0.5, 0.6) is 23.0 Å². The van der Waals surface area contributed by atoms with E-state index in [9.17, 15) is 15.3 Å². The van der Waals surface area contributed by atoms with Gasteiger partial charge in [-0.2, -0.15) is 0 Å². The predicted octanol–water partition coefficient (Wildman–Crippen LogP) is 8.67. The van der Waals surface area contributed by atoms with Crippen molar-refractivity contribution in [2.75, 3.05) is 27.3 Å². The predicted molar refractivity (Wildman–Crippen MR) is 237 cm³/mol. The van der Waals surface area contributed by atoms with Crippen LogP contribution in [0.2, 0.25) is 0 Å². The summed E-state index contributed by atoms with van der Waals surface area (Å²) in [4.78, 5) is 51.5. The van der Waals surface area contributed by atoms with Gasteiger partial charge in [-0.15, -0.1) is 0 Å². The lowest BCUT2D eigenvalue weighted by molar-refractivity contribution is -0.121. The molecule has 10 nitrogen and oxygen atoms in total. The molecule has 0 unspecified atom stereocenters. The third kappa shape index (κ3) is 4.72. The lowest BCUT2D eigenvalue weighted by atomic mass is 9.67.